The van der Waals surface area contributed by atoms with Crippen LogP contribution in [0.25, 0.3) is 0 Å². The van der Waals surface area contributed by atoms with Crippen molar-refractivity contribution >= 4 is 11.8 Å². The van der Waals surface area contributed by atoms with Crippen molar-refractivity contribution in [1.82, 2.24) is 10.9 Å². The summed E-state index contributed by atoms with van der Waals surface area (Å²) in [7, 11) is 0. The SMILES string of the molecule is CCOc1ccc(OC(C)C(=O)NNC(=O)c2ccc(CC)cc2)cc1. The number of rotatable bonds is 7. The zero-order valence-corrected chi connectivity index (χ0v) is 15.2. The summed E-state index contributed by atoms with van der Waals surface area (Å²) in [4.78, 5) is 24.1. The van der Waals surface area contributed by atoms with Gasteiger partial charge in [-0.1, -0.05) is 19.1 Å². The monoisotopic (exact) mass is 356 g/mol. The number of hydrazine groups is 1. The second-order valence-corrected chi connectivity index (χ2v) is 5.66. The van der Waals surface area contributed by atoms with Gasteiger partial charge < -0.3 is 9.47 Å². The molecule has 0 saturated heterocycles. The Bertz CT molecular complexity index is 726. The lowest BCUT2D eigenvalue weighted by atomic mass is 10.1. The van der Waals surface area contributed by atoms with Crippen LogP contribution in [0, 0.1) is 0 Å². The molecule has 2 amide bonds. The van der Waals surface area contributed by atoms with Crippen LogP contribution in [-0.2, 0) is 11.2 Å². The number of ether oxygens (including phenoxy) is 2. The maximum atomic E-state index is 12.1. The molecular weight excluding hydrogens is 332 g/mol. The van der Waals surface area contributed by atoms with Crippen LogP contribution >= 0.6 is 0 Å². The molecule has 0 radical (unpaired) electrons. The Labute approximate surface area is 153 Å². The first kappa shape index (κ1) is 19.3. The van der Waals surface area contributed by atoms with E-state index in [0.29, 0.717) is 17.9 Å². The van der Waals surface area contributed by atoms with Crippen LogP contribution < -0.4 is 20.3 Å². The minimum atomic E-state index is -0.768. The predicted molar refractivity (Wildman–Crippen MR) is 99.1 cm³/mol. The van der Waals surface area contributed by atoms with Gasteiger partial charge in [0.25, 0.3) is 11.8 Å². The van der Waals surface area contributed by atoms with Crippen LogP contribution in [0.15, 0.2) is 48.5 Å². The van der Waals surface area contributed by atoms with Crippen molar-refractivity contribution in [1.29, 1.82) is 0 Å². The van der Waals surface area contributed by atoms with Gasteiger partial charge in [0.2, 0.25) is 0 Å². The molecule has 0 fully saturated rings. The molecule has 6 nitrogen and oxygen atoms in total. The summed E-state index contributed by atoms with van der Waals surface area (Å²) in [5.41, 5.74) is 6.38. The van der Waals surface area contributed by atoms with Crippen molar-refractivity contribution in [3.63, 3.8) is 0 Å². The highest BCUT2D eigenvalue weighted by Gasteiger charge is 2.16. The lowest BCUT2D eigenvalue weighted by molar-refractivity contribution is -0.128. The zero-order chi connectivity index (χ0) is 18.9. The second kappa shape index (κ2) is 9.46. The number of aryl methyl sites for hydroxylation is 1. The Morgan fingerprint density at radius 1 is 0.923 bits per heavy atom. The van der Waals surface area contributed by atoms with Crippen LogP contribution in [0.2, 0.25) is 0 Å². The van der Waals surface area contributed by atoms with Gasteiger partial charge in [0.05, 0.1) is 6.61 Å². The normalized spacial score (nSPS) is 11.3. The largest absolute Gasteiger partial charge is 0.494 e. The van der Waals surface area contributed by atoms with Gasteiger partial charge in [0, 0.05) is 5.56 Å². The van der Waals surface area contributed by atoms with Crippen LogP contribution in [0.1, 0.15) is 36.7 Å². The molecule has 1 atom stereocenters. The number of carbonyl (C=O) groups is 2. The quantitative estimate of drug-likeness (QED) is 0.748. The average Bonchev–Trinajstić information content (AvgIpc) is 2.67. The Kier molecular flexibility index (Phi) is 7.02. The highest BCUT2D eigenvalue weighted by Crippen LogP contribution is 2.18. The first-order valence-electron chi connectivity index (χ1n) is 8.62. The van der Waals surface area contributed by atoms with Gasteiger partial charge in [0.15, 0.2) is 6.10 Å². The zero-order valence-electron chi connectivity index (χ0n) is 15.2. The summed E-state index contributed by atoms with van der Waals surface area (Å²) in [6, 6.07) is 14.2. The third-order valence-corrected chi connectivity index (χ3v) is 3.74. The fraction of sp³-hybridized carbons (Fsp3) is 0.300. The molecule has 2 rings (SSSR count). The molecule has 0 heterocycles. The maximum absolute atomic E-state index is 12.1. The van der Waals surface area contributed by atoms with Gasteiger partial charge in [0.1, 0.15) is 11.5 Å². The predicted octanol–water partition coefficient (Wildman–Crippen LogP) is 2.88. The molecular formula is C20H24N2O4. The third-order valence-electron chi connectivity index (χ3n) is 3.74. The summed E-state index contributed by atoms with van der Waals surface area (Å²) in [5.74, 6) is 0.447. The van der Waals surface area contributed by atoms with E-state index in [1.165, 1.54) is 0 Å². The van der Waals surface area contributed by atoms with Gasteiger partial charge in [-0.25, -0.2) is 0 Å². The molecule has 0 aliphatic carbocycles. The van der Waals surface area contributed by atoms with Gasteiger partial charge >= 0.3 is 0 Å². The Morgan fingerprint density at radius 2 is 1.54 bits per heavy atom. The van der Waals surface area contributed by atoms with Gasteiger partial charge in [-0.2, -0.15) is 0 Å². The topological polar surface area (TPSA) is 76.7 Å². The molecule has 0 bridgehead atoms. The van der Waals surface area contributed by atoms with Crippen molar-refractivity contribution in [3.8, 4) is 11.5 Å². The fourth-order valence-corrected chi connectivity index (χ4v) is 2.22. The molecule has 0 aliphatic heterocycles. The summed E-state index contributed by atoms with van der Waals surface area (Å²) in [5, 5.41) is 0. The van der Waals surface area contributed by atoms with Gasteiger partial charge in [-0.05, 0) is 62.2 Å². The molecule has 0 saturated carbocycles. The molecule has 2 aromatic carbocycles. The number of hydrogen-bond acceptors (Lipinski definition) is 4. The van der Waals surface area contributed by atoms with Crippen molar-refractivity contribution in [3.05, 3.63) is 59.7 Å². The maximum Gasteiger partial charge on any atom is 0.279 e. The molecule has 26 heavy (non-hydrogen) atoms. The van der Waals surface area contributed by atoms with Crippen molar-refractivity contribution in [2.24, 2.45) is 0 Å². The Hall–Kier alpha value is -3.02. The number of hydrogen-bond donors (Lipinski definition) is 2. The highest BCUT2D eigenvalue weighted by molar-refractivity contribution is 5.95. The van der Waals surface area contributed by atoms with Crippen LogP contribution in [0.5, 0.6) is 11.5 Å². The Balaban J connectivity index is 1.83. The minimum Gasteiger partial charge on any atom is -0.494 e. The number of nitrogens with one attached hydrogen (secondary N) is 2. The van der Waals surface area contributed by atoms with Crippen LogP contribution in [0.4, 0.5) is 0 Å². The average molecular weight is 356 g/mol. The Morgan fingerprint density at radius 3 is 2.12 bits per heavy atom. The van der Waals surface area contributed by atoms with Crippen molar-refractivity contribution < 1.29 is 19.1 Å². The molecule has 0 aromatic heterocycles. The standard InChI is InChI=1S/C20H24N2O4/c1-4-15-6-8-16(9-7-15)20(24)22-21-19(23)14(3)26-18-12-10-17(11-13-18)25-5-2/h6-14H,4-5H2,1-3H3,(H,21,23)(H,22,24). The van der Waals surface area contributed by atoms with E-state index in [2.05, 4.69) is 10.9 Å². The van der Waals surface area contributed by atoms with Crippen molar-refractivity contribution in [2.75, 3.05) is 6.61 Å². The molecule has 138 valence electrons. The van der Waals surface area contributed by atoms with E-state index in [4.69, 9.17) is 9.47 Å². The van der Waals surface area contributed by atoms with E-state index in [1.807, 2.05) is 26.0 Å². The molecule has 2 N–H and O–H groups in total. The smallest absolute Gasteiger partial charge is 0.279 e. The van der Waals surface area contributed by atoms with E-state index >= 15 is 0 Å². The van der Waals surface area contributed by atoms with E-state index in [1.54, 1.807) is 43.3 Å². The minimum absolute atomic E-state index is 0.380. The fourth-order valence-electron chi connectivity index (χ4n) is 2.22. The van der Waals surface area contributed by atoms with E-state index < -0.39 is 12.0 Å². The van der Waals surface area contributed by atoms with E-state index in [0.717, 1.165) is 17.7 Å². The number of carbonyl (C=O) groups excluding carboxylic acids is 2. The summed E-state index contributed by atoms with van der Waals surface area (Å²) in [6.45, 7) is 6.14. The highest BCUT2D eigenvalue weighted by atomic mass is 16.5. The first-order valence-corrected chi connectivity index (χ1v) is 8.62. The summed E-state index contributed by atoms with van der Waals surface area (Å²) >= 11 is 0. The van der Waals surface area contributed by atoms with Crippen molar-refractivity contribution in [2.45, 2.75) is 33.3 Å². The molecule has 0 spiro atoms. The molecule has 1 unspecified atom stereocenters. The molecule has 2 aromatic rings. The van der Waals surface area contributed by atoms with Crippen LogP contribution in [0.3, 0.4) is 0 Å². The number of benzene rings is 2. The molecule has 0 aliphatic rings. The number of amides is 2. The lowest BCUT2D eigenvalue weighted by Crippen LogP contribution is -2.47. The van der Waals surface area contributed by atoms with Gasteiger partial charge in [-0.15, -0.1) is 0 Å². The summed E-state index contributed by atoms with van der Waals surface area (Å²) in [6.07, 6.45) is 0.134. The van der Waals surface area contributed by atoms with Gasteiger partial charge in [-0.3, -0.25) is 20.4 Å². The van der Waals surface area contributed by atoms with E-state index in [9.17, 15) is 9.59 Å². The summed E-state index contributed by atoms with van der Waals surface area (Å²) < 4.78 is 10.9. The third kappa shape index (κ3) is 5.51. The first-order chi connectivity index (χ1) is 12.5. The second-order valence-electron chi connectivity index (χ2n) is 5.66. The lowest BCUT2D eigenvalue weighted by Gasteiger charge is -2.15. The molecule has 6 heteroatoms. The van der Waals surface area contributed by atoms with Crippen LogP contribution in [-0.4, -0.2) is 24.5 Å². The van der Waals surface area contributed by atoms with E-state index in [-0.39, 0.29) is 5.91 Å².